The Morgan fingerprint density at radius 1 is 1.32 bits per heavy atom. The van der Waals surface area contributed by atoms with Gasteiger partial charge in [0, 0.05) is 32.7 Å². The highest BCUT2D eigenvalue weighted by Crippen LogP contribution is 2.16. The van der Waals surface area contributed by atoms with Gasteiger partial charge in [-0.2, -0.15) is 0 Å². The quantitative estimate of drug-likeness (QED) is 0.840. The molecule has 1 saturated heterocycles. The molecule has 2 heterocycles. The molecular weight excluding hydrogens is 260 g/mol. The van der Waals surface area contributed by atoms with E-state index in [0.717, 1.165) is 49.7 Å². The summed E-state index contributed by atoms with van der Waals surface area (Å²) >= 11 is 1.22. The van der Waals surface area contributed by atoms with Gasteiger partial charge >= 0.3 is 0 Å². The fourth-order valence-electron chi connectivity index (χ4n) is 2.40. The number of rotatable bonds is 4. The summed E-state index contributed by atoms with van der Waals surface area (Å²) < 4.78 is 3.90. The maximum atomic E-state index is 12.4. The molecule has 0 bridgehead atoms. The molecular formula is C13H22N4OS. The molecule has 0 aromatic carbocycles. The third-order valence-corrected chi connectivity index (χ3v) is 4.12. The van der Waals surface area contributed by atoms with Crippen molar-refractivity contribution in [3.05, 3.63) is 10.6 Å². The Bertz CT molecular complexity index is 424. The van der Waals surface area contributed by atoms with Gasteiger partial charge in [0.1, 0.15) is 4.88 Å². The largest absolute Gasteiger partial charge is 0.335 e. The molecule has 5 nitrogen and oxygen atoms in total. The summed E-state index contributed by atoms with van der Waals surface area (Å²) in [5.41, 5.74) is 0.833. The van der Waals surface area contributed by atoms with E-state index in [9.17, 15) is 4.79 Å². The van der Waals surface area contributed by atoms with E-state index in [1.165, 1.54) is 11.5 Å². The molecule has 0 N–H and O–H groups in total. The van der Waals surface area contributed by atoms with Crippen molar-refractivity contribution < 1.29 is 4.79 Å². The molecule has 1 amide bonds. The van der Waals surface area contributed by atoms with Crippen LogP contribution in [0.3, 0.4) is 0 Å². The number of aryl methyl sites for hydroxylation is 1. The Morgan fingerprint density at radius 3 is 2.58 bits per heavy atom. The maximum absolute atomic E-state index is 12.4. The lowest BCUT2D eigenvalue weighted by atomic mass is 10.2. The van der Waals surface area contributed by atoms with Crippen molar-refractivity contribution in [2.45, 2.75) is 27.2 Å². The van der Waals surface area contributed by atoms with E-state index in [0.29, 0.717) is 5.92 Å². The lowest BCUT2D eigenvalue weighted by Gasteiger charge is -2.35. The van der Waals surface area contributed by atoms with Gasteiger partial charge in [0.25, 0.3) is 5.91 Å². The fraction of sp³-hybridized carbons (Fsp3) is 0.769. The molecule has 1 aromatic heterocycles. The van der Waals surface area contributed by atoms with E-state index in [2.05, 4.69) is 28.3 Å². The summed E-state index contributed by atoms with van der Waals surface area (Å²) in [7, 11) is 0. The van der Waals surface area contributed by atoms with Crippen molar-refractivity contribution in [3.63, 3.8) is 0 Å². The van der Waals surface area contributed by atoms with Gasteiger partial charge in [-0.3, -0.25) is 9.69 Å². The zero-order chi connectivity index (χ0) is 13.8. The summed E-state index contributed by atoms with van der Waals surface area (Å²) in [5.74, 6) is 0.788. The predicted molar refractivity (Wildman–Crippen MR) is 76.5 cm³/mol. The minimum atomic E-state index is 0.107. The van der Waals surface area contributed by atoms with Crippen molar-refractivity contribution in [2.75, 3.05) is 32.7 Å². The number of carbonyl (C=O) groups excluding carboxylic acids is 1. The lowest BCUT2D eigenvalue weighted by molar-refractivity contribution is 0.0627. The van der Waals surface area contributed by atoms with Crippen LogP contribution < -0.4 is 0 Å². The molecule has 19 heavy (non-hydrogen) atoms. The summed E-state index contributed by atoms with van der Waals surface area (Å²) in [6, 6.07) is 0. The molecule has 0 aliphatic carbocycles. The van der Waals surface area contributed by atoms with Gasteiger partial charge in [0.2, 0.25) is 0 Å². The van der Waals surface area contributed by atoms with Crippen molar-refractivity contribution in [1.29, 1.82) is 0 Å². The van der Waals surface area contributed by atoms with Crippen molar-refractivity contribution in [2.24, 2.45) is 5.92 Å². The van der Waals surface area contributed by atoms with Gasteiger partial charge in [-0.25, -0.2) is 0 Å². The van der Waals surface area contributed by atoms with E-state index in [1.54, 1.807) is 0 Å². The Balaban J connectivity index is 1.92. The highest BCUT2D eigenvalue weighted by Gasteiger charge is 2.25. The number of carbonyl (C=O) groups is 1. The van der Waals surface area contributed by atoms with E-state index < -0.39 is 0 Å². The molecule has 1 aliphatic heterocycles. The molecule has 0 saturated carbocycles. The summed E-state index contributed by atoms with van der Waals surface area (Å²) in [6.45, 7) is 11.1. The zero-order valence-corrected chi connectivity index (χ0v) is 12.7. The second-order valence-electron chi connectivity index (χ2n) is 5.39. The summed E-state index contributed by atoms with van der Waals surface area (Å²) in [4.78, 5) is 17.5. The SMILES string of the molecule is CCc1nnsc1C(=O)N1CCN(CC(C)C)CC1. The van der Waals surface area contributed by atoms with E-state index >= 15 is 0 Å². The van der Waals surface area contributed by atoms with E-state index in [4.69, 9.17) is 0 Å². The van der Waals surface area contributed by atoms with Crippen LogP contribution in [0.25, 0.3) is 0 Å². The minimum absolute atomic E-state index is 0.107. The van der Waals surface area contributed by atoms with Crippen LogP contribution in [0, 0.1) is 5.92 Å². The normalized spacial score (nSPS) is 17.2. The average Bonchev–Trinajstić information content (AvgIpc) is 2.86. The van der Waals surface area contributed by atoms with Gasteiger partial charge in [-0.1, -0.05) is 25.3 Å². The minimum Gasteiger partial charge on any atom is -0.335 e. The molecule has 0 spiro atoms. The zero-order valence-electron chi connectivity index (χ0n) is 11.9. The van der Waals surface area contributed by atoms with Crippen LogP contribution in [-0.4, -0.2) is 58.0 Å². The van der Waals surface area contributed by atoms with Gasteiger partial charge in [-0.15, -0.1) is 5.10 Å². The topological polar surface area (TPSA) is 49.3 Å². The number of aromatic nitrogens is 2. The highest BCUT2D eigenvalue weighted by molar-refractivity contribution is 7.08. The van der Waals surface area contributed by atoms with Crippen LogP contribution in [0.4, 0.5) is 0 Å². The van der Waals surface area contributed by atoms with Crippen LogP contribution in [0.1, 0.15) is 36.1 Å². The second kappa shape index (κ2) is 6.43. The number of hydrogen-bond acceptors (Lipinski definition) is 5. The average molecular weight is 282 g/mol. The molecule has 0 unspecified atom stereocenters. The fourth-order valence-corrected chi connectivity index (χ4v) is 3.11. The van der Waals surface area contributed by atoms with Crippen LogP contribution in [0.5, 0.6) is 0 Å². The molecule has 0 atom stereocenters. The Hall–Kier alpha value is -1.01. The molecule has 1 fully saturated rings. The summed E-state index contributed by atoms with van der Waals surface area (Å²) in [5, 5.41) is 4.02. The van der Waals surface area contributed by atoms with Crippen molar-refractivity contribution >= 4 is 17.4 Å². The van der Waals surface area contributed by atoms with Crippen molar-refractivity contribution in [1.82, 2.24) is 19.4 Å². The number of hydrogen-bond donors (Lipinski definition) is 0. The molecule has 0 radical (unpaired) electrons. The summed E-state index contributed by atoms with van der Waals surface area (Å²) in [6.07, 6.45) is 0.769. The number of amides is 1. The van der Waals surface area contributed by atoms with E-state index in [-0.39, 0.29) is 5.91 Å². The number of piperazine rings is 1. The monoisotopic (exact) mass is 282 g/mol. The third kappa shape index (κ3) is 3.51. The van der Waals surface area contributed by atoms with Crippen LogP contribution in [0.15, 0.2) is 0 Å². The van der Waals surface area contributed by atoms with Crippen LogP contribution in [-0.2, 0) is 6.42 Å². The van der Waals surface area contributed by atoms with Gasteiger partial charge in [-0.05, 0) is 23.9 Å². The Kier molecular flexibility index (Phi) is 4.87. The predicted octanol–water partition coefficient (Wildman–Crippen LogP) is 1.51. The van der Waals surface area contributed by atoms with Crippen LogP contribution in [0.2, 0.25) is 0 Å². The molecule has 6 heteroatoms. The van der Waals surface area contributed by atoms with Crippen LogP contribution >= 0.6 is 11.5 Å². The van der Waals surface area contributed by atoms with Crippen molar-refractivity contribution in [3.8, 4) is 0 Å². The Morgan fingerprint density at radius 2 is 2.00 bits per heavy atom. The third-order valence-electron chi connectivity index (χ3n) is 3.37. The molecule has 1 aliphatic rings. The number of nitrogens with zero attached hydrogens (tertiary/aromatic N) is 4. The van der Waals surface area contributed by atoms with Gasteiger partial charge < -0.3 is 4.90 Å². The maximum Gasteiger partial charge on any atom is 0.267 e. The lowest BCUT2D eigenvalue weighted by Crippen LogP contribution is -2.49. The second-order valence-corrected chi connectivity index (χ2v) is 6.14. The smallest absolute Gasteiger partial charge is 0.267 e. The first-order valence-corrected chi connectivity index (χ1v) is 7.72. The molecule has 106 valence electrons. The van der Waals surface area contributed by atoms with Gasteiger partial charge in [0.05, 0.1) is 5.69 Å². The first kappa shape index (κ1) is 14.4. The molecule has 2 rings (SSSR count). The van der Waals surface area contributed by atoms with Gasteiger partial charge in [0.15, 0.2) is 0 Å². The first-order chi connectivity index (χ1) is 9.11. The standard InChI is InChI=1S/C13H22N4OS/c1-4-11-12(19-15-14-11)13(18)17-7-5-16(6-8-17)9-10(2)3/h10H,4-9H2,1-3H3. The van der Waals surface area contributed by atoms with E-state index in [1.807, 2.05) is 11.8 Å². The first-order valence-electron chi connectivity index (χ1n) is 6.94. The Labute approximate surface area is 118 Å². The molecule has 1 aromatic rings. The highest BCUT2D eigenvalue weighted by atomic mass is 32.1.